The Morgan fingerprint density at radius 3 is 2.61 bits per heavy atom. The number of aromatic carboxylic acids is 1. The first-order valence-corrected chi connectivity index (χ1v) is 5.90. The smallest absolute Gasteiger partial charge is 0.374 e. The van der Waals surface area contributed by atoms with Crippen LogP contribution in [0.1, 0.15) is 21.7 Å². The van der Waals surface area contributed by atoms with Gasteiger partial charge in [0.25, 0.3) is 0 Å². The zero-order valence-electron chi connectivity index (χ0n) is 9.69. The van der Waals surface area contributed by atoms with Crippen LogP contribution in [0, 0.1) is 13.8 Å². The molecule has 0 aliphatic rings. The Morgan fingerprint density at radius 1 is 1.39 bits per heavy atom. The summed E-state index contributed by atoms with van der Waals surface area (Å²) in [6, 6.07) is 3.12. The number of rotatable bonds is 2. The summed E-state index contributed by atoms with van der Waals surface area (Å²) < 4.78 is 5.47. The van der Waals surface area contributed by atoms with Gasteiger partial charge < -0.3 is 14.7 Å². The van der Waals surface area contributed by atoms with E-state index in [4.69, 9.17) is 5.11 Å². The Morgan fingerprint density at radius 2 is 2.06 bits per heavy atom. The summed E-state index contributed by atoms with van der Waals surface area (Å²) in [6.45, 7) is 3.55. The van der Waals surface area contributed by atoms with Crippen molar-refractivity contribution in [2.75, 3.05) is 0 Å². The van der Waals surface area contributed by atoms with Crippen molar-refractivity contribution in [1.29, 1.82) is 0 Å². The van der Waals surface area contributed by atoms with Gasteiger partial charge in [-0.2, -0.15) is 0 Å². The van der Waals surface area contributed by atoms with Crippen molar-refractivity contribution in [3.05, 3.63) is 33.5 Å². The molecule has 0 aliphatic heterocycles. The molecule has 2 aromatic rings. The molecule has 2 rings (SSSR count). The number of halogens is 1. The number of carboxylic acids is 1. The van der Waals surface area contributed by atoms with Gasteiger partial charge in [-0.3, -0.25) is 0 Å². The average Bonchev–Trinajstić information content (AvgIpc) is 2.75. The van der Waals surface area contributed by atoms with Gasteiger partial charge in [0, 0.05) is 21.7 Å². The summed E-state index contributed by atoms with van der Waals surface area (Å²) in [5.74, 6) is -1.39. The monoisotopic (exact) mass is 311 g/mol. The van der Waals surface area contributed by atoms with Crippen LogP contribution in [0.5, 0.6) is 5.75 Å². The first kappa shape index (κ1) is 12.6. The molecule has 0 aliphatic carbocycles. The van der Waals surface area contributed by atoms with E-state index in [-0.39, 0.29) is 11.5 Å². The fourth-order valence-electron chi connectivity index (χ4n) is 1.68. The van der Waals surface area contributed by atoms with Crippen molar-refractivity contribution in [2.45, 2.75) is 13.8 Å². The van der Waals surface area contributed by atoms with E-state index < -0.39 is 5.97 Å². The van der Waals surface area contributed by atoms with Crippen molar-refractivity contribution in [1.82, 2.24) is 5.16 Å². The fraction of sp³-hybridized carbons (Fsp3) is 0.167. The maximum atomic E-state index is 10.7. The molecule has 6 heteroatoms. The van der Waals surface area contributed by atoms with Crippen LogP contribution in [0.4, 0.5) is 0 Å². The SMILES string of the molecule is Cc1cc(Br)c(C)c(O)c1-c1cc(C(=O)O)on1. The van der Waals surface area contributed by atoms with E-state index in [1.807, 2.05) is 6.07 Å². The van der Waals surface area contributed by atoms with Crippen LogP contribution >= 0.6 is 15.9 Å². The number of phenolic OH excluding ortho intramolecular Hbond substituents is 1. The predicted molar refractivity (Wildman–Crippen MR) is 67.7 cm³/mol. The minimum atomic E-state index is -1.19. The minimum absolute atomic E-state index is 0.0621. The molecule has 0 radical (unpaired) electrons. The first-order valence-electron chi connectivity index (χ1n) is 5.11. The highest BCUT2D eigenvalue weighted by molar-refractivity contribution is 9.10. The van der Waals surface area contributed by atoms with Gasteiger partial charge in [-0.15, -0.1) is 0 Å². The first-order chi connectivity index (χ1) is 8.41. The lowest BCUT2D eigenvalue weighted by Gasteiger charge is -2.09. The summed E-state index contributed by atoms with van der Waals surface area (Å²) in [5, 5.41) is 22.5. The van der Waals surface area contributed by atoms with E-state index in [0.717, 1.165) is 10.0 Å². The van der Waals surface area contributed by atoms with Gasteiger partial charge in [0.1, 0.15) is 11.4 Å². The molecule has 18 heavy (non-hydrogen) atoms. The van der Waals surface area contributed by atoms with Crippen molar-refractivity contribution in [2.24, 2.45) is 0 Å². The summed E-state index contributed by atoms with van der Waals surface area (Å²) in [5.41, 5.74) is 2.22. The van der Waals surface area contributed by atoms with E-state index in [9.17, 15) is 9.90 Å². The summed E-state index contributed by atoms with van der Waals surface area (Å²) in [7, 11) is 0. The van der Waals surface area contributed by atoms with Gasteiger partial charge >= 0.3 is 5.97 Å². The van der Waals surface area contributed by atoms with E-state index in [0.29, 0.717) is 16.8 Å². The molecular weight excluding hydrogens is 302 g/mol. The number of hydrogen-bond donors (Lipinski definition) is 2. The molecule has 0 spiro atoms. The van der Waals surface area contributed by atoms with Crippen molar-refractivity contribution < 1.29 is 19.5 Å². The molecule has 0 atom stereocenters. The highest BCUT2D eigenvalue weighted by atomic mass is 79.9. The molecule has 0 fully saturated rings. The number of hydrogen-bond acceptors (Lipinski definition) is 4. The number of phenols is 1. The molecule has 0 unspecified atom stereocenters. The summed E-state index contributed by atoms with van der Waals surface area (Å²) in [4.78, 5) is 10.7. The van der Waals surface area contributed by atoms with Crippen LogP contribution in [0.2, 0.25) is 0 Å². The molecule has 2 N–H and O–H groups in total. The van der Waals surface area contributed by atoms with Gasteiger partial charge in [-0.05, 0) is 25.5 Å². The quantitative estimate of drug-likeness (QED) is 0.890. The third-order valence-corrected chi connectivity index (χ3v) is 3.49. The molecule has 0 saturated carbocycles. The lowest BCUT2D eigenvalue weighted by atomic mass is 10.0. The van der Waals surface area contributed by atoms with Crippen LogP contribution in [-0.4, -0.2) is 21.3 Å². The maximum Gasteiger partial charge on any atom is 0.374 e. The second-order valence-corrected chi connectivity index (χ2v) is 4.76. The Bertz CT molecular complexity index is 633. The average molecular weight is 312 g/mol. The number of carbonyl (C=O) groups is 1. The molecular formula is C12H10BrNO4. The molecule has 5 nitrogen and oxygen atoms in total. The lowest BCUT2D eigenvalue weighted by Crippen LogP contribution is -1.92. The Kier molecular flexibility index (Phi) is 3.13. The van der Waals surface area contributed by atoms with Crippen molar-refractivity contribution in [3.8, 4) is 17.0 Å². The molecule has 94 valence electrons. The van der Waals surface area contributed by atoms with E-state index in [2.05, 4.69) is 25.6 Å². The lowest BCUT2D eigenvalue weighted by molar-refractivity contribution is 0.0652. The van der Waals surface area contributed by atoms with Crippen LogP contribution < -0.4 is 0 Å². The Hall–Kier alpha value is -1.82. The topological polar surface area (TPSA) is 83.6 Å². The van der Waals surface area contributed by atoms with E-state index in [1.54, 1.807) is 13.8 Å². The summed E-state index contributed by atoms with van der Waals surface area (Å²) >= 11 is 3.33. The Balaban J connectivity index is 2.63. The fourth-order valence-corrected chi connectivity index (χ4v) is 2.21. The van der Waals surface area contributed by atoms with E-state index >= 15 is 0 Å². The van der Waals surface area contributed by atoms with E-state index in [1.165, 1.54) is 6.07 Å². The van der Waals surface area contributed by atoms with Crippen LogP contribution in [0.25, 0.3) is 11.3 Å². The van der Waals surface area contributed by atoms with Crippen molar-refractivity contribution in [3.63, 3.8) is 0 Å². The van der Waals surface area contributed by atoms with Gasteiger partial charge in [-0.1, -0.05) is 21.1 Å². The number of aryl methyl sites for hydroxylation is 1. The molecule has 0 saturated heterocycles. The summed E-state index contributed by atoms with van der Waals surface area (Å²) in [6.07, 6.45) is 0. The second-order valence-electron chi connectivity index (χ2n) is 3.91. The predicted octanol–water partition coefficient (Wildman–Crippen LogP) is 3.12. The van der Waals surface area contributed by atoms with Gasteiger partial charge in [-0.25, -0.2) is 4.79 Å². The number of carboxylic acid groups (broad SMARTS) is 1. The van der Waals surface area contributed by atoms with Crippen LogP contribution in [0.3, 0.4) is 0 Å². The normalized spacial score (nSPS) is 10.6. The van der Waals surface area contributed by atoms with Gasteiger partial charge in [0.15, 0.2) is 0 Å². The third-order valence-electron chi connectivity index (χ3n) is 2.66. The van der Waals surface area contributed by atoms with Gasteiger partial charge in [0.05, 0.1) is 0 Å². The van der Waals surface area contributed by atoms with Crippen LogP contribution in [-0.2, 0) is 0 Å². The molecule has 0 amide bonds. The van der Waals surface area contributed by atoms with Gasteiger partial charge in [0.2, 0.25) is 5.76 Å². The minimum Gasteiger partial charge on any atom is -0.507 e. The molecule has 1 aromatic carbocycles. The highest BCUT2D eigenvalue weighted by Gasteiger charge is 2.19. The maximum absolute atomic E-state index is 10.7. The highest BCUT2D eigenvalue weighted by Crippen LogP contribution is 2.38. The largest absolute Gasteiger partial charge is 0.507 e. The number of benzene rings is 1. The zero-order chi connectivity index (χ0) is 13.4. The molecule has 0 bridgehead atoms. The second kappa shape index (κ2) is 4.45. The van der Waals surface area contributed by atoms with Crippen molar-refractivity contribution >= 4 is 21.9 Å². The van der Waals surface area contributed by atoms with Crippen LogP contribution in [0.15, 0.2) is 21.1 Å². The number of aromatic hydroxyl groups is 1. The molecule has 1 heterocycles. The third kappa shape index (κ3) is 1.99. The molecule has 1 aromatic heterocycles. The Labute approximate surface area is 111 Å². The zero-order valence-corrected chi connectivity index (χ0v) is 11.3. The number of nitrogens with zero attached hydrogens (tertiary/aromatic N) is 1. The standard InChI is InChI=1S/C12H10BrNO4/c1-5-3-7(13)6(2)11(15)10(5)8-4-9(12(16)17)18-14-8/h3-4,15H,1-2H3,(H,16,17). The number of aromatic nitrogens is 1.